The van der Waals surface area contributed by atoms with E-state index in [2.05, 4.69) is 5.43 Å². The Morgan fingerprint density at radius 2 is 1.88 bits per heavy atom. The minimum absolute atomic E-state index is 0.0499. The van der Waals surface area contributed by atoms with Crippen molar-refractivity contribution < 1.29 is 13.2 Å². The predicted molar refractivity (Wildman–Crippen MR) is 58.3 cm³/mol. The zero-order chi connectivity index (χ0) is 12.8. The maximum Gasteiger partial charge on any atom is 0.194 e. The van der Waals surface area contributed by atoms with Gasteiger partial charge in [0.2, 0.25) is 0 Å². The second-order valence-corrected chi connectivity index (χ2v) is 5.21. The highest BCUT2D eigenvalue weighted by Crippen LogP contribution is 2.57. The van der Waals surface area contributed by atoms with Crippen molar-refractivity contribution in [2.45, 2.75) is 26.3 Å². The van der Waals surface area contributed by atoms with Crippen molar-refractivity contribution in [2.24, 2.45) is 17.2 Å². The van der Waals surface area contributed by atoms with Gasteiger partial charge >= 0.3 is 0 Å². The van der Waals surface area contributed by atoms with Crippen molar-refractivity contribution in [3.8, 4) is 0 Å². The van der Waals surface area contributed by atoms with E-state index in [-0.39, 0.29) is 16.9 Å². The molecule has 0 aliphatic heterocycles. The van der Waals surface area contributed by atoms with Crippen LogP contribution in [-0.4, -0.2) is 0 Å². The molecule has 2 rings (SSSR count). The SMILES string of the molecule is CC1(C)CC1C(NN)c1ccc(F)c(F)c1F. The second-order valence-electron chi connectivity index (χ2n) is 5.21. The van der Waals surface area contributed by atoms with E-state index in [1.54, 1.807) is 0 Å². The van der Waals surface area contributed by atoms with E-state index >= 15 is 0 Å². The van der Waals surface area contributed by atoms with Crippen LogP contribution in [0.5, 0.6) is 0 Å². The fourth-order valence-electron chi connectivity index (χ4n) is 2.28. The van der Waals surface area contributed by atoms with Gasteiger partial charge in [0, 0.05) is 5.56 Å². The maximum absolute atomic E-state index is 13.6. The molecule has 2 atom stereocenters. The molecule has 0 bridgehead atoms. The quantitative estimate of drug-likeness (QED) is 0.487. The lowest BCUT2D eigenvalue weighted by molar-refractivity contribution is 0.387. The van der Waals surface area contributed by atoms with E-state index < -0.39 is 23.5 Å². The van der Waals surface area contributed by atoms with E-state index in [4.69, 9.17) is 5.84 Å². The Bertz CT molecular complexity index is 446. The number of hydrazine groups is 1. The maximum atomic E-state index is 13.6. The lowest BCUT2D eigenvalue weighted by Gasteiger charge is -2.19. The molecule has 5 heteroatoms. The summed E-state index contributed by atoms with van der Waals surface area (Å²) in [6, 6.07) is 1.68. The predicted octanol–water partition coefficient (Wildman–Crippen LogP) is 2.65. The number of nitrogens with one attached hydrogen (secondary N) is 1. The lowest BCUT2D eigenvalue weighted by atomic mass is 9.97. The summed E-state index contributed by atoms with van der Waals surface area (Å²) in [4.78, 5) is 0. The van der Waals surface area contributed by atoms with Gasteiger partial charge < -0.3 is 0 Å². The van der Waals surface area contributed by atoms with Crippen LogP contribution in [0.1, 0.15) is 31.9 Å². The fraction of sp³-hybridized carbons (Fsp3) is 0.500. The normalized spacial score (nSPS) is 23.5. The average Bonchev–Trinajstić information content (AvgIpc) is 2.89. The minimum Gasteiger partial charge on any atom is -0.271 e. The highest BCUT2D eigenvalue weighted by Gasteiger charge is 2.51. The Morgan fingerprint density at radius 1 is 1.29 bits per heavy atom. The van der Waals surface area contributed by atoms with Gasteiger partial charge in [0.1, 0.15) is 0 Å². The molecule has 1 aliphatic rings. The summed E-state index contributed by atoms with van der Waals surface area (Å²) >= 11 is 0. The van der Waals surface area contributed by atoms with Crippen LogP contribution < -0.4 is 11.3 Å². The van der Waals surface area contributed by atoms with Crippen LogP contribution in [0, 0.1) is 28.8 Å². The molecular weight excluding hydrogens is 229 g/mol. The van der Waals surface area contributed by atoms with E-state index in [1.807, 2.05) is 13.8 Å². The molecule has 0 heterocycles. The van der Waals surface area contributed by atoms with Crippen LogP contribution in [0.15, 0.2) is 12.1 Å². The van der Waals surface area contributed by atoms with Crippen molar-refractivity contribution in [3.05, 3.63) is 35.1 Å². The molecule has 1 aromatic carbocycles. The van der Waals surface area contributed by atoms with E-state index in [1.165, 1.54) is 6.07 Å². The van der Waals surface area contributed by atoms with Crippen LogP contribution in [-0.2, 0) is 0 Å². The Hall–Kier alpha value is -1.07. The average molecular weight is 244 g/mol. The van der Waals surface area contributed by atoms with Gasteiger partial charge in [0.15, 0.2) is 17.5 Å². The number of halogens is 3. The Kier molecular flexibility index (Phi) is 2.91. The summed E-state index contributed by atoms with van der Waals surface area (Å²) < 4.78 is 39.6. The Balaban J connectivity index is 2.36. The number of hydrogen-bond acceptors (Lipinski definition) is 2. The van der Waals surface area contributed by atoms with Crippen LogP contribution in [0.3, 0.4) is 0 Å². The topological polar surface area (TPSA) is 38.0 Å². The van der Waals surface area contributed by atoms with Gasteiger partial charge in [-0.25, -0.2) is 13.2 Å². The van der Waals surface area contributed by atoms with Crippen molar-refractivity contribution in [2.75, 3.05) is 0 Å². The van der Waals surface area contributed by atoms with Crippen molar-refractivity contribution in [1.29, 1.82) is 0 Å². The van der Waals surface area contributed by atoms with E-state index in [9.17, 15) is 13.2 Å². The summed E-state index contributed by atoms with van der Waals surface area (Å²) in [5.74, 6) is 1.74. The first kappa shape index (κ1) is 12.4. The third kappa shape index (κ3) is 2.05. The molecule has 0 aromatic heterocycles. The number of nitrogens with two attached hydrogens (primary N) is 1. The summed E-state index contributed by atoms with van der Waals surface area (Å²) in [6.07, 6.45) is 0.875. The monoisotopic (exact) mass is 244 g/mol. The molecule has 0 spiro atoms. The molecule has 0 amide bonds. The standard InChI is InChI=1S/C12H15F3N2/c1-12(2)5-7(12)11(17-16)6-3-4-8(13)10(15)9(6)14/h3-4,7,11,17H,5,16H2,1-2H3. The first-order chi connectivity index (χ1) is 7.88. The van der Waals surface area contributed by atoms with E-state index in [0.717, 1.165) is 12.5 Å². The molecule has 17 heavy (non-hydrogen) atoms. The molecule has 1 aliphatic carbocycles. The molecule has 2 unspecified atom stereocenters. The van der Waals surface area contributed by atoms with Gasteiger partial charge in [-0.3, -0.25) is 11.3 Å². The van der Waals surface area contributed by atoms with Gasteiger partial charge in [-0.1, -0.05) is 19.9 Å². The Labute approximate surface area is 98.0 Å². The fourth-order valence-corrected chi connectivity index (χ4v) is 2.28. The highest BCUT2D eigenvalue weighted by atomic mass is 19.2. The highest BCUT2D eigenvalue weighted by molar-refractivity contribution is 5.26. The molecule has 1 aromatic rings. The van der Waals surface area contributed by atoms with Crippen LogP contribution in [0.25, 0.3) is 0 Å². The zero-order valence-corrected chi connectivity index (χ0v) is 9.73. The van der Waals surface area contributed by atoms with Gasteiger partial charge in [0.25, 0.3) is 0 Å². The minimum atomic E-state index is -1.44. The third-order valence-electron chi connectivity index (χ3n) is 3.57. The number of hydrogen-bond donors (Lipinski definition) is 2. The van der Waals surface area contributed by atoms with Gasteiger partial charge in [-0.2, -0.15) is 0 Å². The molecule has 94 valence electrons. The molecule has 0 saturated heterocycles. The van der Waals surface area contributed by atoms with E-state index in [0.29, 0.717) is 0 Å². The van der Waals surface area contributed by atoms with Crippen molar-refractivity contribution in [3.63, 3.8) is 0 Å². The summed E-state index contributed by atoms with van der Waals surface area (Å²) in [7, 11) is 0. The van der Waals surface area contributed by atoms with Crippen LogP contribution >= 0.6 is 0 Å². The molecule has 3 N–H and O–H groups in total. The van der Waals surface area contributed by atoms with Gasteiger partial charge in [-0.15, -0.1) is 0 Å². The number of benzene rings is 1. The summed E-state index contributed by atoms with van der Waals surface area (Å²) in [5.41, 5.74) is 2.63. The van der Waals surface area contributed by atoms with Crippen molar-refractivity contribution >= 4 is 0 Å². The lowest BCUT2D eigenvalue weighted by Crippen LogP contribution is -2.31. The van der Waals surface area contributed by atoms with Crippen molar-refractivity contribution in [1.82, 2.24) is 5.43 Å². The summed E-state index contributed by atoms with van der Waals surface area (Å²) in [5, 5.41) is 0. The molecule has 2 nitrogen and oxygen atoms in total. The Morgan fingerprint density at radius 3 is 2.35 bits per heavy atom. The van der Waals surface area contributed by atoms with Gasteiger partial charge in [0.05, 0.1) is 6.04 Å². The van der Waals surface area contributed by atoms with Gasteiger partial charge in [-0.05, 0) is 23.8 Å². The first-order valence-electron chi connectivity index (χ1n) is 5.48. The largest absolute Gasteiger partial charge is 0.271 e. The van der Waals surface area contributed by atoms with Crippen LogP contribution in [0.4, 0.5) is 13.2 Å². The smallest absolute Gasteiger partial charge is 0.194 e. The molecule has 1 saturated carbocycles. The first-order valence-corrected chi connectivity index (χ1v) is 5.48. The zero-order valence-electron chi connectivity index (χ0n) is 9.73. The second kappa shape index (κ2) is 3.99. The summed E-state index contributed by atoms with van der Waals surface area (Å²) in [6.45, 7) is 4.06. The van der Waals surface area contributed by atoms with Crippen LogP contribution in [0.2, 0.25) is 0 Å². The third-order valence-corrected chi connectivity index (χ3v) is 3.57. The molecule has 1 fully saturated rings. The molecular formula is C12H15F3N2. The number of rotatable bonds is 3. The molecule has 0 radical (unpaired) electrons.